The Morgan fingerprint density at radius 3 is 1.66 bits per heavy atom. The van der Waals surface area contributed by atoms with E-state index in [2.05, 4.69) is 68.4 Å². The number of carboxylic acids is 1. The van der Waals surface area contributed by atoms with Gasteiger partial charge in [-0.05, 0) is 219 Å². The zero-order valence-electron chi connectivity index (χ0n) is 77.8. The third-order valence-corrected chi connectivity index (χ3v) is 27.7. The topological polar surface area (TPSA) is 354 Å². The number of furan rings is 1. The number of nitrogens with zero attached hydrogens (tertiary/aromatic N) is 13. The molecule has 1 aliphatic carbocycles. The molecular formula is C104H98ClF2N17O13S6. The average molecular weight is 2060 g/mol. The van der Waals surface area contributed by atoms with Gasteiger partial charge in [0, 0.05) is 84.0 Å². The molecule has 1 atom stereocenters. The van der Waals surface area contributed by atoms with Gasteiger partial charge < -0.3 is 64.3 Å². The molecule has 30 nitrogen and oxygen atoms in total. The van der Waals surface area contributed by atoms with E-state index < -0.39 is 17.8 Å². The van der Waals surface area contributed by atoms with E-state index in [9.17, 15) is 37.5 Å². The zero-order chi connectivity index (χ0) is 99.8. The summed E-state index contributed by atoms with van der Waals surface area (Å²) in [6.45, 7) is 5.06. The summed E-state index contributed by atoms with van der Waals surface area (Å²) >= 11 is 15.4. The predicted octanol–water partition coefficient (Wildman–Crippen LogP) is 21.3. The summed E-state index contributed by atoms with van der Waals surface area (Å²) in [4.78, 5) is 102. The van der Waals surface area contributed by atoms with Crippen molar-refractivity contribution in [3.05, 3.63) is 327 Å². The molecule has 1 saturated carbocycles. The van der Waals surface area contributed by atoms with E-state index in [0.29, 0.717) is 152 Å². The number of carbonyl (C=O) groups excluding carboxylic acids is 5. The van der Waals surface area contributed by atoms with Crippen molar-refractivity contribution < 1.29 is 70.8 Å². The second kappa shape index (κ2) is 51.7. The first-order valence-corrected chi connectivity index (χ1v) is 51.6. The van der Waals surface area contributed by atoms with E-state index in [1.807, 2.05) is 201 Å². The molecule has 7 aromatic heterocycles. The Kier molecular flexibility index (Phi) is 37.1. The molecule has 5 amide bonds. The Hall–Kier alpha value is -14.7. The number of aromatic nitrogens is 11. The minimum atomic E-state index is -0.912. The maximum Gasteiger partial charge on any atom is 0.336 e. The van der Waals surface area contributed by atoms with E-state index in [-0.39, 0.29) is 60.2 Å². The quantitative estimate of drug-likeness (QED) is 0.0145. The molecule has 9 aromatic carbocycles. The lowest BCUT2D eigenvalue weighted by Gasteiger charge is -2.32. The van der Waals surface area contributed by atoms with E-state index in [1.165, 1.54) is 114 Å². The number of hydrogen-bond donors (Lipinski definition) is 5. The molecule has 143 heavy (non-hydrogen) atoms. The van der Waals surface area contributed by atoms with Crippen molar-refractivity contribution in [1.29, 1.82) is 0 Å². The van der Waals surface area contributed by atoms with Gasteiger partial charge in [0.1, 0.15) is 34.4 Å². The van der Waals surface area contributed by atoms with Crippen LogP contribution in [0.15, 0.2) is 303 Å². The number of thiophene rings is 2. The highest BCUT2D eigenvalue weighted by Crippen LogP contribution is 2.38. The van der Waals surface area contributed by atoms with Crippen LogP contribution in [0.4, 0.5) is 31.7 Å². The SMILES string of the molecule is CCOc1nc(-c2cccc(F)c2)n(-c2ccc(NC(=O)Cc3cccs3)cc2)n1.CCOc1nc(-c2ccccc2F)n(-c2ccc(NC(=O)CSc3ccccc3)cc2)n1.CN(c1cc(Cl)nc(SCc2ccc(C(=O)NCc3ccco3)cc2)n1)C1CCCCC1.COc1nc(-c2ccc3c(c2)OCO3)n(-c2ccc(NC(=O)CSc3ccccc3)cc2)n1.O=C(O)C1CSCN1C(=O)Cc1cccs1. The smallest absolute Gasteiger partial charge is 0.336 e. The van der Waals surface area contributed by atoms with Crippen LogP contribution < -0.4 is 49.9 Å². The largest absolute Gasteiger partial charge is 0.480 e. The van der Waals surface area contributed by atoms with Crippen molar-refractivity contribution in [1.82, 2.24) is 64.5 Å². The normalized spacial score (nSPS) is 12.8. The molecule has 0 bridgehead atoms. The lowest BCUT2D eigenvalue weighted by atomic mass is 9.94. The minimum absolute atomic E-state index is 0.0694. The molecule has 5 N–H and O–H groups in total. The lowest BCUT2D eigenvalue weighted by Crippen LogP contribution is -2.42. The van der Waals surface area contributed by atoms with Gasteiger partial charge in [-0.3, -0.25) is 24.0 Å². The van der Waals surface area contributed by atoms with Crippen LogP contribution in [-0.2, 0) is 49.1 Å². The van der Waals surface area contributed by atoms with Crippen LogP contribution in [-0.4, -0.2) is 169 Å². The van der Waals surface area contributed by atoms with Crippen molar-refractivity contribution in [3.63, 3.8) is 0 Å². The van der Waals surface area contributed by atoms with Crippen LogP contribution in [0.25, 0.3) is 51.2 Å². The number of ether oxygens (including phenoxy) is 5. The molecule has 2 fully saturated rings. The highest BCUT2D eigenvalue weighted by atomic mass is 35.5. The van der Waals surface area contributed by atoms with Gasteiger partial charge in [-0.2, -0.15) is 15.0 Å². The van der Waals surface area contributed by atoms with E-state index in [1.54, 1.807) is 112 Å². The maximum absolute atomic E-state index is 14.4. The third kappa shape index (κ3) is 29.5. The number of rotatable bonds is 33. The molecule has 2 aliphatic heterocycles. The van der Waals surface area contributed by atoms with E-state index >= 15 is 0 Å². The lowest BCUT2D eigenvalue weighted by molar-refractivity contribution is -0.147. The first-order valence-electron chi connectivity index (χ1n) is 45.3. The molecule has 39 heteroatoms. The summed E-state index contributed by atoms with van der Waals surface area (Å²) in [6, 6.07) is 80.6. The minimum Gasteiger partial charge on any atom is -0.480 e. The maximum atomic E-state index is 14.4. The van der Waals surface area contributed by atoms with Gasteiger partial charge in [0.15, 0.2) is 34.1 Å². The molecule has 0 spiro atoms. The van der Waals surface area contributed by atoms with Gasteiger partial charge in [-0.15, -0.1) is 73.3 Å². The van der Waals surface area contributed by atoms with Gasteiger partial charge in [0.25, 0.3) is 5.91 Å². The van der Waals surface area contributed by atoms with Gasteiger partial charge in [0.2, 0.25) is 30.4 Å². The number of anilines is 4. The number of halogens is 3. The highest BCUT2D eigenvalue weighted by molar-refractivity contribution is 8.00. The Morgan fingerprint density at radius 2 is 1.10 bits per heavy atom. The van der Waals surface area contributed by atoms with Gasteiger partial charge in [-0.1, -0.05) is 128 Å². The number of methoxy groups -OCH3 is 1. The Morgan fingerprint density at radius 1 is 0.545 bits per heavy atom. The fraction of sp³-hybridized carbons (Fsp3) is 0.212. The number of benzene rings is 9. The van der Waals surface area contributed by atoms with E-state index in [0.717, 1.165) is 47.9 Å². The highest BCUT2D eigenvalue weighted by Gasteiger charge is 2.35. The molecule has 16 aromatic rings. The second-order valence-corrected chi connectivity index (χ2v) is 38.2. The first kappa shape index (κ1) is 103. The number of amides is 5. The Balaban J connectivity index is 0.000000137. The van der Waals surface area contributed by atoms with Crippen LogP contribution in [0.1, 0.15) is 77.4 Å². The van der Waals surface area contributed by atoms with Crippen molar-refractivity contribution in [3.8, 4) is 80.8 Å². The number of aliphatic carboxylic acids is 1. The summed E-state index contributed by atoms with van der Waals surface area (Å²) in [7, 11) is 3.62. The summed E-state index contributed by atoms with van der Waals surface area (Å²) in [5.41, 5.74) is 7.60. The van der Waals surface area contributed by atoms with Crippen LogP contribution in [0.3, 0.4) is 0 Å². The second-order valence-electron chi connectivity index (χ2n) is 31.7. The number of carbonyl (C=O) groups is 6. The number of hydrogen-bond acceptors (Lipinski definition) is 27. The fourth-order valence-electron chi connectivity index (χ4n) is 14.7. The number of thioether (sulfide) groups is 4. The van der Waals surface area contributed by atoms with Gasteiger partial charge >= 0.3 is 24.0 Å². The van der Waals surface area contributed by atoms with Crippen LogP contribution in [0.2, 0.25) is 5.15 Å². The first-order chi connectivity index (χ1) is 69.7. The molecule has 19 rings (SSSR count). The zero-order valence-corrected chi connectivity index (χ0v) is 83.5. The van der Waals surface area contributed by atoms with Crippen molar-refractivity contribution >= 4 is 140 Å². The molecule has 9 heterocycles. The van der Waals surface area contributed by atoms with Crippen molar-refractivity contribution in [2.75, 3.05) is 78.1 Å². The summed E-state index contributed by atoms with van der Waals surface area (Å²) in [5, 5.41) is 38.7. The van der Waals surface area contributed by atoms with Gasteiger partial charge in [0.05, 0.1) is 86.0 Å². The molecule has 1 saturated heterocycles. The molecular weight excluding hydrogens is 1960 g/mol. The third-order valence-electron chi connectivity index (χ3n) is 21.8. The average Bonchev–Trinajstić information content (AvgIpc) is 1.66. The Labute approximate surface area is 853 Å². The van der Waals surface area contributed by atoms with Crippen LogP contribution in [0.5, 0.6) is 29.5 Å². The van der Waals surface area contributed by atoms with E-state index in [4.69, 9.17) is 49.8 Å². The number of fused-ring (bicyclic) bond motifs is 1. The summed E-state index contributed by atoms with van der Waals surface area (Å²) < 4.78 is 65.2. The van der Waals surface area contributed by atoms with Crippen molar-refractivity contribution in [2.45, 2.75) is 98.1 Å². The molecule has 1 unspecified atom stereocenters. The molecule has 734 valence electrons. The van der Waals surface area contributed by atoms with Crippen molar-refractivity contribution in [2.24, 2.45) is 0 Å². The number of nitrogens with one attached hydrogen (secondary N) is 4. The predicted molar refractivity (Wildman–Crippen MR) is 555 cm³/mol. The monoisotopic (exact) mass is 2060 g/mol. The standard InChI is InChI=1S/C24H27ClN4O2S.C24H21FN4O2S.C24H20N4O4S.C22H19FN4O2S.C10H11NO3S2/c1-29(19-6-3-2-4-7-19)22-14-21(25)27-24(28-22)32-16-17-9-11-18(12-10-17)23(30)26-15-20-8-5-13-31-20;1-2-31-24-27-23(20-10-6-7-11-21(20)25)29(28-24)18-14-12-17(13-15-18)26-22(30)16-32-19-8-4-3-5-9-19;1-30-24-26-23(16-7-12-20-21(13-16)32-15-31-20)28(27-24)18-10-8-17(9-11-18)25-22(29)14-33-19-5-3-2-4-6-19;1-2-29-22-25-21(15-5-3-6-16(23)13-15)27(26-22)18-10-8-17(9-11-18)24-20(28)14-19-7-4-12-30-19;12-9(4-7-2-1-3-16-7)11-6-15-5-8(11)10(13)14/h5,8-14,19H,2-4,6-7,15-16H2,1H3,(H,26,30);3-15H,2,16H2,1H3,(H,26,30);2-13H,14-15H2,1H3,(H,25,29);3-13H,2,14H2,1H3,(H,24,28);1-3,8H,4-6H2,(H,13,14). The van der Waals surface area contributed by atoms with Gasteiger partial charge in [-0.25, -0.2) is 37.6 Å². The summed E-state index contributed by atoms with van der Waals surface area (Å²) in [6.07, 6.45) is 8.49. The summed E-state index contributed by atoms with van der Waals surface area (Å²) in [5.74, 6) is 4.53. The fourth-order valence-corrected chi connectivity index (χ4v) is 19.8. The number of carboxylic acid groups (broad SMARTS) is 1. The van der Waals surface area contributed by atoms with Crippen LogP contribution >= 0.6 is 81.3 Å². The van der Waals surface area contributed by atoms with Crippen LogP contribution in [0, 0.1) is 11.6 Å². The Bertz CT molecular complexity index is 6880. The molecule has 0 radical (unpaired) electrons. The molecule has 3 aliphatic rings.